The van der Waals surface area contributed by atoms with E-state index in [1.165, 1.54) is 164 Å². The largest absolute Gasteiger partial charge is 0.811 e. The first kappa shape index (κ1) is 43.5. The lowest BCUT2D eigenvalue weighted by atomic mass is 10.1. The van der Waals surface area contributed by atoms with E-state index in [0.29, 0.717) is 6.66 Å². The zero-order valence-corrected chi connectivity index (χ0v) is 29.4. The van der Waals surface area contributed by atoms with E-state index < -0.39 is 7.60 Å². The molecule has 0 fully saturated rings. The first-order valence-electron chi connectivity index (χ1n) is 17.2. The predicted octanol–water partition coefficient (Wildman–Crippen LogP) is 8.54. The Hall–Kier alpha value is 0.0700. The Kier molecular flexibility index (Phi) is 33.0. The monoisotopic (exact) mass is 579 g/mol. The Balaban J connectivity index is -0.000000566. The summed E-state index contributed by atoms with van der Waals surface area (Å²) in [5.41, 5.74) is 0. The standard InChI is InChI=1S/2C16H36N.CH5O3P/c2*1-5-9-13-17(14-10-6-2,15-11-7-3)16-12-8-4;1-5(2,3)4/h2*5-16H2,1-4H3;1H3,(H2,2,3,4)/q2*+1;/p-2. The molecule has 240 valence electrons. The van der Waals surface area contributed by atoms with Crippen molar-refractivity contribution in [1.29, 1.82) is 0 Å². The Labute approximate surface area is 247 Å². The molecule has 0 atom stereocenters. The third-order valence-corrected chi connectivity index (χ3v) is 7.89. The molecule has 0 rings (SSSR count). The van der Waals surface area contributed by atoms with Gasteiger partial charge in [-0.1, -0.05) is 114 Å². The Morgan fingerprint density at radius 3 is 0.564 bits per heavy atom. The number of rotatable bonds is 24. The predicted molar refractivity (Wildman–Crippen MR) is 172 cm³/mol. The van der Waals surface area contributed by atoms with Crippen molar-refractivity contribution in [3.05, 3.63) is 0 Å². The molecule has 0 aliphatic heterocycles. The van der Waals surface area contributed by atoms with Crippen LogP contribution in [0.4, 0.5) is 0 Å². The second kappa shape index (κ2) is 29.6. The van der Waals surface area contributed by atoms with Crippen LogP contribution in [0.3, 0.4) is 0 Å². The summed E-state index contributed by atoms with van der Waals surface area (Å²) in [5.74, 6) is 0. The highest BCUT2D eigenvalue weighted by Crippen LogP contribution is 2.17. The Morgan fingerprint density at radius 2 is 0.487 bits per heavy atom. The Morgan fingerprint density at radius 1 is 0.385 bits per heavy atom. The molecule has 0 radical (unpaired) electrons. The van der Waals surface area contributed by atoms with Crippen LogP contribution in [-0.2, 0) is 4.57 Å². The summed E-state index contributed by atoms with van der Waals surface area (Å²) < 4.78 is 11.9. The number of unbranched alkanes of at least 4 members (excludes halogenated alkanes) is 8. The van der Waals surface area contributed by atoms with E-state index in [-0.39, 0.29) is 0 Å². The fourth-order valence-electron chi connectivity index (χ4n) is 5.29. The van der Waals surface area contributed by atoms with Crippen LogP contribution in [0.25, 0.3) is 0 Å². The van der Waals surface area contributed by atoms with Crippen LogP contribution in [0.15, 0.2) is 0 Å². The summed E-state index contributed by atoms with van der Waals surface area (Å²) in [6, 6.07) is 0. The van der Waals surface area contributed by atoms with Crippen molar-refractivity contribution in [2.75, 3.05) is 59.0 Å². The molecule has 0 amide bonds. The second-order valence-corrected chi connectivity index (χ2v) is 13.6. The van der Waals surface area contributed by atoms with Crippen LogP contribution in [0.5, 0.6) is 0 Å². The van der Waals surface area contributed by atoms with Gasteiger partial charge >= 0.3 is 0 Å². The number of quaternary nitrogens is 2. The zero-order valence-electron chi connectivity index (χ0n) is 28.5. The van der Waals surface area contributed by atoms with Crippen molar-refractivity contribution < 1.29 is 23.3 Å². The average Bonchev–Trinajstić information content (AvgIpc) is 2.91. The van der Waals surface area contributed by atoms with Crippen LogP contribution in [-0.4, -0.2) is 68.0 Å². The fourth-order valence-corrected chi connectivity index (χ4v) is 5.29. The van der Waals surface area contributed by atoms with Gasteiger partial charge in [0.25, 0.3) is 0 Å². The number of hydrogen-bond acceptors (Lipinski definition) is 3. The molecule has 0 aromatic rings. The van der Waals surface area contributed by atoms with Gasteiger partial charge in [0.05, 0.1) is 52.4 Å². The van der Waals surface area contributed by atoms with Gasteiger partial charge in [0, 0.05) is 0 Å². The van der Waals surface area contributed by atoms with E-state index in [2.05, 4.69) is 55.4 Å². The highest BCUT2D eigenvalue weighted by molar-refractivity contribution is 7.47. The molecule has 0 aromatic carbocycles. The van der Waals surface area contributed by atoms with Crippen molar-refractivity contribution in [3.63, 3.8) is 0 Å². The van der Waals surface area contributed by atoms with E-state index in [1.807, 2.05) is 0 Å². The summed E-state index contributed by atoms with van der Waals surface area (Å²) in [6.07, 6.45) is 22.1. The first-order valence-corrected chi connectivity index (χ1v) is 19.2. The van der Waals surface area contributed by atoms with Gasteiger partial charge in [-0.3, -0.25) is 0 Å². The van der Waals surface area contributed by atoms with Gasteiger partial charge in [0.1, 0.15) is 0 Å². The molecule has 6 heteroatoms. The molecule has 0 saturated carbocycles. The fraction of sp³-hybridized carbons (Fsp3) is 1.00. The summed E-state index contributed by atoms with van der Waals surface area (Å²) >= 11 is 0. The van der Waals surface area contributed by atoms with Crippen LogP contribution < -0.4 is 9.79 Å². The van der Waals surface area contributed by atoms with E-state index in [9.17, 15) is 0 Å². The van der Waals surface area contributed by atoms with Gasteiger partial charge < -0.3 is 23.3 Å². The quantitative estimate of drug-likeness (QED) is 0.0851. The first-order chi connectivity index (χ1) is 18.5. The van der Waals surface area contributed by atoms with Gasteiger partial charge in [-0.05, 0) is 58.0 Å². The topological polar surface area (TPSA) is 63.2 Å². The minimum Gasteiger partial charge on any atom is -0.811 e. The molecular formula is C33H75N2O3P. The summed E-state index contributed by atoms with van der Waals surface area (Å²) in [4.78, 5) is 18.2. The summed E-state index contributed by atoms with van der Waals surface area (Å²) in [6.45, 7) is 30.7. The van der Waals surface area contributed by atoms with Crippen molar-refractivity contribution in [2.24, 2.45) is 0 Å². The van der Waals surface area contributed by atoms with Crippen molar-refractivity contribution in [3.8, 4) is 0 Å². The van der Waals surface area contributed by atoms with Crippen molar-refractivity contribution in [2.45, 2.75) is 158 Å². The minimum absolute atomic E-state index is 0.632. The molecule has 5 nitrogen and oxygen atoms in total. The van der Waals surface area contributed by atoms with E-state index >= 15 is 0 Å². The molecule has 39 heavy (non-hydrogen) atoms. The highest BCUT2D eigenvalue weighted by Gasteiger charge is 2.25. The lowest BCUT2D eigenvalue weighted by Crippen LogP contribution is -2.50. The molecule has 0 N–H and O–H groups in total. The number of nitrogens with zero attached hydrogens (tertiary/aromatic N) is 2. The molecule has 0 heterocycles. The van der Waals surface area contributed by atoms with Gasteiger partial charge in [0.2, 0.25) is 0 Å². The smallest absolute Gasteiger partial charge is 0.0786 e. The average molecular weight is 579 g/mol. The van der Waals surface area contributed by atoms with Crippen molar-refractivity contribution >= 4 is 7.60 Å². The van der Waals surface area contributed by atoms with Gasteiger partial charge in [-0.25, -0.2) is 0 Å². The third kappa shape index (κ3) is 30.8. The van der Waals surface area contributed by atoms with Crippen LogP contribution in [0.1, 0.15) is 158 Å². The third-order valence-electron chi connectivity index (χ3n) is 7.89. The molecule has 0 saturated heterocycles. The minimum atomic E-state index is -4.14. The summed E-state index contributed by atoms with van der Waals surface area (Å²) in [5, 5.41) is 0. The lowest BCUT2D eigenvalue weighted by molar-refractivity contribution is -0.929. The molecular weight excluding hydrogens is 503 g/mol. The second-order valence-electron chi connectivity index (χ2n) is 12.1. The zero-order chi connectivity index (χ0) is 30.5. The lowest BCUT2D eigenvalue weighted by Gasteiger charge is -2.39. The maximum absolute atomic E-state index is 9.10. The van der Waals surface area contributed by atoms with Gasteiger partial charge in [-0.15, -0.1) is 0 Å². The van der Waals surface area contributed by atoms with E-state index in [0.717, 1.165) is 0 Å². The van der Waals surface area contributed by atoms with Crippen molar-refractivity contribution in [1.82, 2.24) is 0 Å². The Bertz CT molecular complexity index is 406. The van der Waals surface area contributed by atoms with Crippen LogP contribution >= 0.6 is 7.60 Å². The maximum Gasteiger partial charge on any atom is 0.0786 e. The normalized spacial score (nSPS) is 12.0. The van der Waals surface area contributed by atoms with Gasteiger partial charge in [0.15, 0.2) is 0 Å². The van der Waals surface area contributed by atoms with Gasteiger partial charge in [-0.2, -0.15) is 0 Å². The maximum atomic E-state index is 9.10. The van der Waals surface area contributed by atoms with E-state index in [1.54, 1.807) is 0 Å². The summed E-state index contributed by atoms with van der Waals surface area (Å²) in [7, 11) is -4.14. The molecule has 0 aliphatic carbocycles. The number of hydrogen-bond donors (Lipinski definition) is 0. The van der Waals surface area contributed by atoms with Crippen LogP contribution in [0, 0.1) is 0 Å². The highest BCUT2D eigenvalue weighted by atomic mass is 31.2. The molecule has 0 aromatic heterocycles. The van der Waals surface area contributed by atoms with Crippen LogP contribution in [0.2, 0.25) is 0 Å². The molecule has 0 unspecified atom stereocenters. The molecule has 0 spiro atoms. The SMILES string of the molecule is CCCC[N+](CCCC)(CCCC)CCCC.CCCC[N+](CCCC)(CCCC)CCCC.CP(=O)([O-])[O-]. The van der Waals surface area contributed by atoms with E-state index in [4.69, 9.17) is 14.4 Å². The molecule has 0 bridgehead atoms. The molecule has 0 aliphatic rings.